The van der Waals surface area contributed by atoms with Crippen LogP contribution in [0.2, 0.25) is 0 Å². The Hall–Kier alpha value is -3.49. The van der Waals surface area contributed by atoms with Crippen LogP contribution in [0.4, 0.5) is 5.69 Å². The molecule has 0 bridgehead atoms. The van der Waals surface area contributed by atoms with E-state index in [1.807, 2.05) is 38.1 Å². The third kappa shape index (κ3) is 3.63. The molecule has 0 aliphatic carbocycles. The molecule has 2 fully saturated rings. The molecule has 1 unspecified atom stereocenters. The highest BCUT2D eigenvalue weighted by Gasteiger charge is 2.66. The number of ether oxygens (including phenoxy) is 1. The zero-order valence-electron chi connectivity index (χ0n) is 20.7. The molecule has 3 aliphatic heterocycles. The summed E-state index contributed by atoms with van der Waals surface area (Å²) < 4.78 is 5.42. The number of rotatable bonds is 6. The number of morpholine rings is 1. The Bertz CT molecular complexity index is 1230. The van der Waals surface area contributed by atoms with E-state index in [1.165, 1.54) is 4.90 Å². The molecule has 5 rings (SSSR count). The number of hydrogen-bond acceptors (Lipinski definition) is 6. The minimum Gasteiger partial charge on any atom is -0.507 e. The third-order valence-corrected chi connectivity index (χ3v) is 7.41. The summed E-state index contributed by atoms with van der Waals surface area (Å²) in [5.41, 5.74) is 0.740. The number of para-hydroxylation sites is 1. The average molecular weight is 490 g/mol. The number of likely N-dealkylation sites (N-methyl/N-ethyl adjacent to an activating group) is 1. The van der Waals surface area contributed by atoms with E-state index in [4.69, 9.17) is 4.74 Å². The van der Waals surface area contributed by atoms with Gasteiger partial charge in [0.1, 0.15) is 5.76 Å². The summed E-state index contributed by atoms with van der Waals surface area (Å²) in [5, 5.41) is 11.5. The number of aryl methyl sites for hydroxylation is 1. The molecule has 8 nitrogen and oxygen atoms in total. The highest BCUT2D eigenvalue weighted by Crippen LogP contribution is 2.53. The van der Waals surface area contributed by atoms with Gasteiger partial charge in [0.05, 0.1) is 24.5 Å². The molecular formula is C28H31N3O5. The largest absolute Gasteiger partial charge is 0.507 e. The van der Waals surface area contributed by atoms with Crippen molar-refractivity contribution < 1.29 is 24.2 Å². The van der Waals surface area contributed by atoms with Gasteiger partial charge in [-0.05, 0) is 26.3 Å². The number of fused-ring (bicyclic) bond motifs is 2. The standard InChI is InChI=1S/C28H31N3O5/c1-3-30-22-8-5-4-7-21(22)28(27(30)35)23(24(32)20-11-9-19(2)10-12-20)25(33)26(34)31(28)14-6-13-29-15-17-36-18-16-29/h4-5,7-12,32H,3,6,13-18H2,1-2H3. The van der Waals surface area contributed by atoms with E-state index >= 15 is 0 Å². The van der Waals surface area contributed by atoms with Crippen molar-refractivity contribution in [1.82, 2.24) is 9.80 Å². The number of Topliss-reactive ketones (excluding diaryl/α,β-unsaturated/α-hetero) is 1. The van der Waals surface area contributed by atoms with Crippen molar-refractivity contribution in [3.05, 3.63) is 70.8 Å². The first-order chi connectivity index (χ1) is 17.4. The van der Waals surface area contributed by atoms with E-state index in [9.17, 15) is 19.5 Å². The zero-order valence-corrected chi connectivity index (χ0v) is 20.7. The van der Waals surface area contributed by atoms with Crippen LogP contribution in [0.15, 0.2) is 54.1 Å². The van der Waals surface area contributed by atoms with Crippen molar-refractivity contribution in [2.45, 2.75) is 25.8 Å². The fraction of sp³-hybridized carbons (Fsp3) is 0.393. The van der Waals surface area contributed by atoms with Crippen LogP contribution in [0.25, 0.3) is 5.76 Å². The minimum absolute atomic E-state index is 0.156. The van der Waals surface area contributed by atoms with Crippen molar-refractivity contribution in [3.63, 3.8) is 0 Å². The maximum atomic E-state index is 14.2. The summed E-state index contributed by atoms with van der Waals surface area (Å²) in [6.07, 6.45) is 0.584. The van der Waals surface area contributed by atoms with Crippen molar-refractivity contribution in [3.8, 4) is 0 Å². The number of amides is 2. The number of aliphatic hydroxyl groups is 1. The van der Waals surface area contributed by atoms with Crippen LogP contribution in [0.3, 0.4) is 0 Å². The molecule has 1 spiro atoms. The van der Waals surface area contributed by atoms with Gasteiger partial charge in [-0.25, -0.2) is 0 Å². The lowest BCUT2D eigenvalue weighted by molar-refractivity contribution is -0.143. The van der Waals surface area contributed by atoms with E-state index in [0.29, 0.717) is 49.5 Å². The molecule has 188 valence electrons. The Morgan fingerprint density at radius 2 is 1.69 bits per heavy atom. The molecular weight excluding hydrogens is 458 g/mol. The first-order valence-electron chi connectivity index (χ1n) is 12.5. The molecule has 3 aliphatic rings. The van der Waals surface area contributed by atoms with E-state index in [2.05, 4.69) is 4.90 Å². The number of carbonyl (C=O) groups is 3. The van der Waals surface area contributed by atoms with Gasteiger partial charge >= 0.3 is 0 Å². The lowest BCUT2D eigenvalue weighted by Gasteiger charge is -2.35. The number of likely N-dealkylation sites (tertiary alicyclic amines) is 1. The van der Waals surface area contributed by atoms with E-state index in [1.54, 1.807) is 29.2 Å². The Labute approximate surface area is 210 Å². The van der Waals surface area contributed by atoms with Gasteiger partial charge in [0.15, 0.2) is 5.54 Å². The minimum atomic E-state index is -1.69. The highest BCUT2D eigenvalue weighted by atomic mass is 16.5. The maximum absolute atomic E-state index is 14.2. The monoisotopic (exact) mass is 489 g/mol. The molecule has 2 saturated heterocycles. The Morgan fingerprint density at radius 3 is 2.39 bits per heavy atom. The molecule has 1 atom stereocenters. The summed E-state index contributed by atoms with van der Waals surface area (Å²) >= 11 is 0. The fourth-order valence-corrected chi connectivity index (χ4v) is 5.61. The molecule has 2 amide bonds. The highest BCUT2D eigenvalue weighted by molar-refractivity contribution is 6.50. The number of aliphatic hydroxyl groups excluding tert-OH is 1. The first kappa shape index (κ1) is 24.2. The molecule has 36 heavy (non-hydrogen) atoms. The predicted octanol–water partition coefficient (Wildman–Crippen LogP) is 2.66. The number of nitrogens with zero attached hydrogens (tertiary/aromatic N) is 3. The number of hydrogen-bond donors (Lipinski definition) is 1. The molecule has 8 heteroatoms. The molecule has 2 aromatic carbocycles. The summed E-state index contributed by atoms with van der Waals surface area (Å²) in [5.74, 6) is -2.30. The van der Waals surface area contributed by atoms with Crippen LogP contribution in [-0.2, 0) is 24.7 Å². The number of ketones is 1. The lowest BCUT2D eigenvalue weighted by atomic mass is 9.81. The SMILES string of the molecule is CCN1C(=O)C2(C(=C(O)c3ccc(C)cc3)C(=O)C(=O)N2CCCN2CCOCC2)c2ccccc21. The Morgan fingerprint density at radius 1 is 1.00 bits per heavy atom. The molecule has 0 aromatic heterocycles. The van der Waals surface area contributed by atoms with Gasteiger partial charge in [-0.1, -0.05) is 48.0 Å². The number of carbonyl (C=O) groups excluding carboxylic acids is 3. The normalized spacial score (nSPS) is 23.7. The molecule has 2 aromatic rings. The van der Waals surface area contributed by atoms with Crippen LogP contribution in [0.1, 0.15) is 30.0 Å². The van der Waals surface area contributed by atoms with Crippen molar-refractivity contribution >= 4 is 29.0 Å². The van der Waals surface area contributed by atoms with E-state index in [0.717, 1.165) is 18.7 Å². The van der Waals surface area contributed by atoms with Gasteiger partial charge in [-0.15, -0.1) is 0 Å². The van der Waals surface area contributed by atoms with Crippen LogP contribution < -0.4 is 4.90 Å². The average Bonchev–Trinajstić information content (AvgIpc) is 3.27. The van der Waals surface area contributed by atoms with Gasteiger partial charge < -0.3 is 19.6 Å². The van der Waals surface area contributed by atoms with Gasteiger partial charge in [-0.2, -0.15) is 0 Å². The summed E-state index contributed by atoms with van der Waals surface area (Å²) in [6, 6.07) is 14.3. The maximum Gasteiger partial charge on any atom is 0.296 e. The second-order valence-electron chi connectivity index (χ2n) is 9.46. The van der Waals surface area contributed by atoms with Gasteiger partial charge in [0, 0.05) is 43.9 Å². The topological polar surface area (TPSA) is 90.4 Å². The zero-order chi connectivity index (χ0) is 25.4. The fourth-order valence-electron chi connectivity index (χ4n) is 5.61. The quantitative estimate of drug-likeness (QED) is 0.381. The first-order valence-corrected chi connectivity index (χ1v) is 12.5. The van der Waals surface area contributed by atoms with Crippen molar-refractivity contribution in [2.24, 2.45) is 0 Å². The molecule has 0 radical (unpaired) electrons. The molecule has 1 N–H and O–H groups in total. The van der Waals surface area contributed by atoms with Crippen LogP contribution in [-0.4, -0.2) is 78.4 Å². The molecule has 3 heterocycles. The van der Waals surface area contributed by atoms with E-state index < -0.39 is 17.2 Å². The molecule has 0 saturated carbocycles. The van der Waals surface area contributed by atoms with Gasteiger partial charge in [0.2, 0.25) is 0 Å². The summed E-state index contributed by atoms with van der Waals surface area (Å²) in [6.45, 7) is 8.03. The smallest absolute Gasteiger partial charge is 0.296 e. The lowest BCUT2D eigenvalue weighted by Crippen LogP contribution is -2.52. The van der Waals surface area contributed by atoms with Gasteiger partial charge in [-0.3, -0.25) is 19.3 Å². The second-order valence-corrected chi connectivity index (χ2v) is 9.46. The predicted molar refractivity (Wildman–Crippen MR) is 135 cm³/mol. The number of anilines is 1. The van der Waals surface area contributed by atoms with Crippen LogP contribution >= 0.6 is 0 Å². The second kappa shape index (κ2) is 9.52. The summed E-state index contributed by atoms with van der Waals surface area (Å²) in [7, 11) is 0. The third-order valence-electron chi connectivity index (χ3n) is 7.41. The van der Waals surface area contributed by atoms with Crippen LogP contribution in [0.5, 0.6) is 0 Å². The van der Waals surface area contributed by atoms with Crippen molar-refractivity contribution in [2.75, 3.05) is 50.8 Å². The van der Waals surface area contributed by atoms with Gasteiger partial charge in [0.25, 0.3) is 17.6 Å². The Kier molecular flexibility index (Phi) is 6.40. The summed E-state index contributed by atoms with van der Waals surface area (Å²) in [4.78, 5) is 46.5. The van der Waals surface area contributed by atoms with Crippen LogP contribution in [0, 0.1) is 6.92 Å². The number of benzene rings is 2. The van der Waals surface area contributed by atoms with E-state index in [-0.39, 0.29) is 23.8 Å². The van der Waals surface area contributed by atoms with Crippen molar-refractivity contribution in [1.29, 1.82) is 0 Å². The Balaban J connectivity index is 1.64.